The van der Waals surface area contributed by atoms with Crippen LogP contribution in [0.2, 0.25) is 0 Å². The number of piperidine rings is 1. The minimum absolute atomic E-state index is 0.216. The maximum atomic E-state index is 12.8. The Kier molecular flexibility index (Phi) is 4.00. The van der Waals surface area contributed by atoms with Crippen molar-refractivity contribution in [3.63, 3.8) is 0 Å². The normalized spacial score (nSPS) is 41.8. The van der Waals surface area contributed by atoms with Crippen molar-refractivity contribution in [2.45, 2.75) is 70.9 Å². The second kappa shape index (κ2) is 5.20. The quantitative estimate of drug-likeness (QED) is 0.779. The van der Waals surface area contributed by atoms with Gasteiger partial charge in [-0.15, -0.1) is 0 Å². The molecule has 0 aromatic rings. The Balaban J connectivity index is 2.09. The van der Waals surface area contributed by atoms with Crippen LogP contribution in [0.5, 0.6) is 0 Å². The van der Waals surface area contributed by atoms with Crippen LogP contribution in [0, 0.1) is 11.8 Å². The molecule has 0 aromatic carbocycles. The Labute approximate surface area is 111 Å². The number of rotatable bonds is 1. The summed E-state index contributed by atoms with van der Waals surface area (Å²) in [4.78, 5) is 14.8. The van der Waals surface area contributed by atoms with Crippen LogP contribution in [0.25, 0.3) is 0 Å². The molecule has 3 nitrogen and oxygen atoms in total. The van der Waals surface area contributed by atoms with Crippen LogP contribution in [-0.4, -0.2) is 28.9 Å². The molecule has 0 aromatic heterocycles. The first kappa shape index (κ1) is 13.9. The fraction of sp³-hybridized carbons (Fsp3) is 0.933. The van der Waals surface area contributed by atoms with Crippen molar-refractivity contribution in [2.24, 2.45) is 17.6 Å². The lowest BCUT2D eigenvalue weighted by Crippen LogP contribution is -2.60. The van der Waals surface area contributed by atoms with Gasteiger partial charge in [-0.25, -0.2) is 0 Å². The van der Waals surface area contributed by atoms with E-state index >= 15 is 0 Å². The number of amides is 1. The van der Waals surface area contributed by atoms with Crippen LogP contribution in [0.3, 0.4) is 0 Å². The Morgan fingerprint density at radius 1 is 1.17 bits per heavy atom. The predicted molar refractivity (Wildman–Crippen MR) is 74.1 cm³/mol. The maximum Gasteiger partial charge on any atom is 0.242 e. The van der Waals surface area contributed by atoms with Crippen molar-refractivity contribution >= 4 is 5.91 Å². The molecule has 2 rings (SSSR count). The molecule has 2 aliphatic rings. The highest BCUT2D eigenvalue weighted by atomic mass is 16.2. The van der Waals surface area contributed by atoms with Crippen molar-refractivity contribution in [3.8, 4) is 0 Å². The molecule has 1 amide bonds. The largest absolute Gasteiger partial charge is 0.338 e. The minimum atomic E-state index is -0.580. The molecule has 18 heavy (non-hydrogen) atoms. The van der Waals surface area contributed by atoms with Gasteiger partial charge in [-0.1, -0.05) is 26.7 Å². The molecule has 0 spiro atoms. The van der Waals surface area contributed by atoms with Crippen molar-refractivity contribution in [2.75, 3.05) is 6.54 Å². The van der Waals surface area contributed by atoms with Crippen LogP contribution in [-0.2, 0) is 4.79 Å². The molecular formula is C15H28N2O. The molecule has 2 fully saturated rings. The lowest BCUT2D eigenvalue weighted by atomic mass is 9.75. The average molecular weight is 252 g/mol. The monoisotopic (exact) mass is 252 g/mol. The lowest BCUT2D eigenvalue weighted by Gasteiger charge is -2.44. The van der Waals surface area contributed by atoms with Gasteiger partial charge in [0, 0.05) is 12.6 Å². The lowest BCUT2D eigenvalue weighted by molar-refractivity contribution is -0.143. The summed E-state index contributed by atoms with van der Waals surface area (Å²) in [5.41, 5.74) is 5.86. The van der Waals surface area contributed by atoms with E-state index < -0.39 is 5.54 Å². The van der Waals surface area contributed by atoms with E-state index in [9.17, 15) is 4.79 Å². The predicted octanol–water partition coefficient (Wildman–Crippen LogP) is 2.54. The summed E-state index contributed by atoms with van der Waals surface area (Å²) >= 11 is 0. The van der Waals surface area contributed by atoms with Gasteiger partial charge in [0.1, 0.15) is 0 Å². The molecule has 1 saturated heterocycles. The van der Waals surface area contributed by atoms with Gasteiger partial charge in [-0.05, 0) is 44.4 Å². The van der Waals surface area contributed by atoms with Crippen molar-refractivity contribution in [1.82, 2.24) is 4.90 Å². The minimum Gasteiger partial charge on any atom is -0.338 e. The number of likely N-dealkylation sites (tertiary alicyclic amines) is 1. The third-order valence-corrected chi connectivity index (χ3v) is 4.84. The van der Waals surface area contributed by atoms with Crippen LogP contribution < -0.4 is 5.73 Å². The van der Waals surface area contributed by atoms with Crippen LogP contribution in [0.15, 0.2) is 0 Å². The van der Waals surface area contributed by atoms with Crippen molar-refractivity contribution in [3.05, 3.63) is 0 Å². The zero-order valence-corrected chi connectivity index (χ0v) is 12.1. The van der Waals surface area contributed by atoms with Crippen LogP contribution in [0.4, 0.5) is 0 Å². The van der Waals surface area contributed by atoms with Gasteiger partial charge in [-0.3, -0.25) is 4.79 Å². The van der Waals surface area contributed by atoms with Gasteiger partial charge in [0.25, 0.3) is 0 Å². The summed E-state index contributed by atoms with van der Waals surface area (Å²) in [6.45, 7) is 7.52. The zero-order valence-electron chi connectivity index (χ0n) is 12.1. The third-order valence-electron chi connectivity index (χ3n) is 4.84. The molecule has 3 heteroatoms. The number of carbonyl (C=O) groups excluding carboxylic acids is 1. The molecule has 1 saturated carbocycles. The van der Waals surface area contributed by atoms with Gasteiger partial charge in [0.15, 0.2) is 0 Å². The molecule has 1 aliphatic carbocycles. The molecule has 1 heterocycles. The van der Waals surface area contributed by atoms with Gasteiger partial charge < -0.3 is 10.6 Å². The topological polar surface area (TPSA) is 46.3 Å². The van der Waals surface area contributed by atoms with E-state index in [1.807, 2.05) is 0 Å². The van der Waals surface area contributed by atoms with E-state index in [4.69, 9.17) is 5.73 Å². The summed E-state index contributed by atoms with van der Waals surface area (Å²) in [7, 11) is 0. The number of hydrogen-bond acceptors (Lipinski definition) is 2. The van der Waals surface area contributed by atoms with Gasteiger partial charge in [0.05, 0.1) is 5.54 Å². The van der Waals surface area contributed by atoms with Gasteiger partial charge in [0.2, 0.25) is 5.91 Å². The Morgan fingerprint density at radius 2 is 1.89 bits per heavy atom. The highest BCUT2D eigenvalue weighted by Gasteiger charge is 2.42. The highest BCUT2D eigenvalue weighted by molar-refractivity contribution is 5.86. The average Bonchev–Trinajstić information content (AvgIpc) is 2.31. The number of hydrogen-bond donors (Lipinski definition) is 1. The molecule has 1 aliphatic heterocycles. The van der Waals surface area contributed by atoms with Crippen molar-refractivity contribution in [1.29, 1.82) is 0 Å². The van der Waals surface area contributed by atoms with E-state index in [1.54, 1.807) is 0 Å². The summed E-state index contributed by atoms with van der Waals surface area (Å²) < 4.78 is 0. The van der Waals surface area contributed by atoms with Crippen LogP contribution in [0.1, 0.15) is 59.3 Å². The Morgan fingerprint density at radius 3 is 2.56 bits per heavy atom. The van der Waals surface area contributed by atoms with E-state index in [0.29, 0.717) is 17.9 Å². The molecule has 0 bridgehead atoms. The van der Waals surface area contributed by atoms with Crippen molar-refractivity contribution < 1.29 is 4.79 Å². The first-order valence-corrected chi connectivity index (χ1v) is 7.52. The van der Waals surface area contributed by atoms with Gasteiger partial charge in [-0.2, -0.15) is 0 Å². The molecule has 4 atom stereocenters. The first-order chi connectivity index (χ1) is 8.42. The summed E-state index contributed by atoms with van der Waals surface area (Å²) in [6.07, 6.45) is 6.41. The molecule has 104 valence electrons. The molecule has 2 N–H and O–H groups in total. The zero-order chi connectivity index (χ0) is 13.3. The third kappa shape index (κ3) is 2.71. The molecule has 4 unspecified atom stereocenters. The van der Waals surface area contributed by atoms with E-state index in [1.165, 1.54) is 12.8 Å². The standard InChI is InChI=1S/C15H28N2O/c1-11-5-4-8-15(16,9-11)14(18)17-10-12(2)6-7-13(17)3/h11-13H,4-10,16H2,1-3H3. The fourth-order valence-corrected chi connectivity index (χ4v) is 3.64. The summed E-state index contributed by atoms with van der Waals surface area (Å²) in [5, 5.41) is 0. The fourth-order valence-electron chi connectivity index (χ4n) is 3.64. The maximum absolute atomic E-state index is 12.8. The molecule has 0 radical (unpaired) electrons. The Bertz CT molecular complexity index is 318. The number of nitrogens with zero attached hydrogens (tertiary/aromatic N) is 1. The number of carbonyl (C=O) groups is 1. The van der Waals surface area contributed by atoms with Gasteiger partial charge >= 0.3 is 0 Å². The highest BCUT2D eigenvalue weighted by Crippen LogP contribution is 2.34. The Hall–Kier alpha value is -0.570. The summed E-state index contributed by atoms with van der Waals surface area (Å²) in [6, 6.07) is 0.367. The summed E-state index contributed by atoms with van der Waals surface area (Å²) in [5.74, 6) is 1.42. The molecular weight excluding hydrogens is 224 g/mol. The van der Waals surface area contributed by atoms with E-state index in [0.717, 1.165) is 32.2 Å². The second-order valence-corrected chi connectivity index (χ2v) is 6.85. The first-order valence-electron chi connectivity index (χ1n) is 7.52. The number of nitrogens with two attached hydrogens (primary N) is 1. The van der Waals surface area contributed by atoms with Crippen LogP contribution >= 0.6 is 0 Å². The van der Waals surface area contributed by atoms with E-state index in [-0.39, 0.29) is 5.91 Å². The second-order valence-electron chi connectivity index (χ2n) is 6.85. The SMILES string of the molecule is CC1CCC(C)N(C(=O)C2(N)CCCC(C)C2)C1. The van der Waals surface area contributed by atoms with E-state index in [2.05, 4.69) is 25.7 Å². The smallest absolute Gasteiger partial charge is 0.242 e.